The summed E-state index contributed by atoms with van der Waals surface area (Å²) in [7, 11) is 4.29. The number of Topliss-reactive ketones (excluding diaryl/α,β-unsaturated/α-hetero) is 2. The standard InChI is InChI=1S/C22H26O10/c1-29-17(25)11-15(23)12(18(26)30-2)22-10-8-6-5-7-9-21(11,22)13(19(27)31-3)16(24)14(22)20(28)32-4/h5-6,11-14H,7-10H2,1-4H3/b6-5-/t11-,12-,13-,14+,21?,22?/m1/s1. The Bertz CT molecular complexity index is 776. The third kappa shape index (κ3) is 2.77. The van der Waals surface area contributed by atoms with Crippen LogP contribution >= 0.6 is 0 Å². The van der Waals surface area contributed by atoms with Crippen LogP contribution in [0.15, 0.2) is 12.2 Å². The third-order valence-electron chi connectivity index (χ3n) is 7.43. The van der Waals surface area contributed by atoms with Gasteiger partial charge in [-0.25, -0.2) is 0 Å². The quantitative estimate of drug-likeness (QED) is 0.256. The van der Waals surface area contributed by atoms with Crippen LogP contribution in [0.25, 0.3) is 0 Å². The van der Waals surface area contributed by atoms with Crippen molar-refractivity contribution in [1.29, 1.82) is 0 Å². The average molecular weight is 450 g/mol. The van der Waals surface area contributed by atoms with Crippen molar-refractivity contribution in [2.75, 3.05) is 28.4 Å². The number of carbonyl (C=O) groups is 6. The molecule has 10 nitrogen and oxygen atoms in total. The van der Waals surface area contributed by atoms with Crippen LogP contribution < -0.4 is 0 Å². The number of methoxy groups -OCH3 is 4. The molecule has 10 heteroatoms. The maximum atomic E-state index is 13.7. The molecule has 0 bridgehead atoms. The van der Waals surface area contributed by atoms with E-state index in [0.717, 1.165) is 28.4 Å². The number of carbonyl (C=O) groups excluding carboxylic acids is 6. The molecule has 2 fully saturated rings. The predicted molar refractivity (Wildman–Crippen MR) is 105 cm³/mol. The van der Waals surface area contributed by atoms with Gasteiger partial charge in [-0.05, 0) is 25.7 Å². The Hall–Kier alpha value is -3.04. The number of hydrogen-bond acceptors (Lipinski definition) is 10. The second-order valence-electron chi connectivity index (χ2n) is 8.26. The Labute approximate surface area is 184 Å². The maximum absolute atomic E-state index is 13.7. The van der Waals surface area contributed by atoms with Crippen molar-refractivity contribution in [3.63, 3.8) is 0 Å². The predicted octanol–water partition coefficient (Wildman–Crippen LogP) is 0.412. The highest BCUT2D eigenvalue weighted by atomic mass is 16.5. The molecule has 0 aromatic carbocycles. The van der Waals surface area contributed by atoms with Crippen molar-refractivity contribution in [2.24, 2.45) is 34.5 Å². The second kappa shape index (κ2) is 8.48. The lowest BCUT2D eigenvalue weighted by Gasteiger charge is -2.47. The fourth-order valence-corrected chi connectivity index (χ4v) is 6.46. The fourth-order valence-electron chi connectivity index (χ4n) is 6.46. The number of ether oxygens (including phenoxy) is 4. The van der Waals surface area contributed by atoms with Crippen molar-refractivity contribution < 1.29 is 47.7 Å². The molecule has 0 radical (unpaired) electrons. The molecular formula is C22H26O10. The summed E-state index contributed by atoms with van der Waals surface area (Å²) in [5.74, 6) is -12.1. The van der Waals surface area contributed by atoms with Crippen LogP contribution in [0.4, 0.5) is 0 Å². The van der Waals surface area contributed by atoms with E-state index in [1.54, 1.807) is 0 Å². The maximum Gasteiger partial charge on any atom is 0.316 e. The summed E-state index contributed by atoms with van der Waals surface area (Å²) in [6.45, 7) is 0. The molecule has 3 aliphatic rings. The summed E-state index contributed by atoms with van der Waals surface area (Å²) in [4.78, 5) is 79.3. The summed E-state index contributed by atoms with van der Waals surface area (Å²) < 4.78 is 19.6. The van der Waals surface area contributed by atoms with Gasteiger partial charge in [0.05, 0.1) is 28.4 Å². The van der Waals surface area contributed by atoms with Gasteiger partial charge in [0, 0.05) is 10.8 Å². The number of rotatable bonds is 4. The van der Waals surface area contributed by atoms with E-state index in [9.17, 15) is 28.8 Å². The molecule has 0 saturated heterocycles. The zero-order valence-electron chi connectivity index (χ0n) is 18.4. The van der Waals surface area contributed by atoms with Crippen molar-refractivity contribution >= 4 is 35.4 Å². The van der Waals surface area contributed by atoms with Gasteiger partial charge in [-0.2, -0.15) is 0 Å². The Morgan fingerprint density at radius 3 is 1.09 bits per heavy atom. The lowest BCUT2D eigenvalue weighted by atomic mass is 9.53. The molecule has 2 saturated carbocycles. The van der Waals surface area contributed by atoms with Crippen LogP contribution in [0.2, 0.25) is 0 Å². The van der Waals surface area contributed by atoms with Gasteiger partial charge in [0.15, 0.2) is 11.6 Å². The lowest BCUT2D eigenvalue weighted by molar-refractivity contribution is -0.170. The molecule has 0 aromatic heterocycles. The highest BCUT2D eigenvalue weighted by molar-refractivity contribution is 6.20. The molecule has 0 heterocycles. The Kier molecular flexibility index (Phi) is 6.26. The fraction of sp³-hybridized carbons (Fsp3) is 0.636. The number of ketones is 2. The SMILES string of the molecule is COC(=O)[C@@H]1C(=O)[C@H](C(=O)OC)C23CC/C=C\CCC12[C@@H](C(=O)OC)C(=O)[C@@H]3C(=O)OC. The van der Waals surface area contributed by atoms with Crippen LogP contribution in [0.3, 0.4) is 0 Å². The third-order valence-corrected chi connectivity index (χ3v) is 7.43. The van der Waals surface area contributed by atoms with E-state index >= 15 is 0 Å². The molecule has 6 atom stereocenters. The minimum absolute atomic E-state index is 0.00149. The highest BCUT2D eigenvalue weighted by Gasteiger charge is 2.85. The number of esters is 4. The van der Waals surface area contributed by atoms with Crippen LogP contribution in [-0.4, -0.2) is 63.9 Å². The van der Waals surface area contributed by atoms with Gasteiger partial charge in [0.2, 0.25) is 0 Å². The summed E-state index contributed by atoms with van der Waals surface area (Å²) >= 11 is 0. The van der Waals surface area contributed by atoms with Gasteiger partial charge in [-0.15, -0.1) is 0 Å². The van der Waals surface area contributed by atoms with Gasteiger partial charge in [-0.1, -0.05) is 12.2 Å². The molecule has 3 aliphatic carbocycles. The van der Waals surface area contributed by atoms with Gasteiger partial charge in [0.1, 0.15) is 23.7 Å². The van der Waals surface area contributed by atoms with E-state index in [4.69, 9.17) is 18.9 Å². The van der Waals surface area contributed by atoms with E-state index in [2.05, 4.69) is 0 Å². The summed E-state index contributed by atoms with van der Waals surface area (Å²) in [6, 6.07) is 0. The first-order valence-corrected chi connectivity index (χ1v) is 10.2. The van der Waals surface area contributed by atoms with Crippen LogP contribution in [0, 0.1) is 34.5 Å². The van der Waals surface area contributed by atoms with Crippen LogP contribution in [0.1, 0.15) is 25.7 Å². The zero-order chi connectivity index (χ0) is 23.8. The first-order valence-electron chi connectivity index (χ1n) is 10.2. The normalized spacial score (nSPS) is 36.8. The zero-order valence-corrected chi connectivity index (χ0v) is 18.4. The molecular weight excluding hydrogens is 424 g/mol. The number of hydrogen-bond donors (Lipinski definition) is 0. The molecule has 0 aromatic rings. The van der Waals surface area contributed by atoms with Gasteiger partial charge < -0.3 is 18.9 Å². The highest BCUT2D eigenvalue weighted by Crippen LogP contribution is 2.74. The van der Waals surface area contributed by atoms with Crippen molar-refractivity contribution in [2.45, 2.75) is 25.7 Å². The van der Waals surface area contributed by atoms with Crippen molar-refractivity contribution in [3.05, 3.63) is 12.2 Å². The van der Waals surface area contributed by atoms with Gasteiger partial charge in [-0.3, -0.25) is 28.8 Å². The van der Waals surface area contributed by atoms with E-state index < -0.39 is 69.9 Å². The molecule has 3 rings (SSSR count). The van der Waals surface area contributed by atoms with Crippen molar-refractivity contribution in [3.8, 4) is 0 Å². The molecule has 2 unspecified atom stereocenters. The molecule has 32 heavy (non-hydrogen) atoms. The smallest absolute Gasteiger partial charge is 0.316 e. The lowest BCUT2D eigenvalue weighted by Crippen LogP contribution is -2.52. The Morgan fingerprint density at radius 1 is 0.625 bits per heavy atom. The summed E-state index contributed by atoms with van der Waals surface area (Å²) in [5.41, 5.74) is -3.44. The molecule has 0 amide bonds. The summed E-state index contributed by atoms with van der Waals surface area (Å²) in [6.07, 6.45) is 4.22. The van der Waals surface area contributed by atoms with Crippen molar-refractivity contribution in [1.82, 2.24) is 0 Å². The Morgan fingerprint density at radius 2 is 0.875 bits per heavy atom. The van der Waals surface area contributed by atoms with Gasteiger partial charge in [0.25, 0.3) is 0 Å². The molecule has 0 aliphatic heterocycles. The molecule has 174 valence electrons. The topological polar surface area (TPSA) is 139 Å². The van der Waals surface area contributed by atoms with E-state index in [-0.39, 0.29) is 12.8 Å². The second-order valence-corrected chi connectivity index (χ2v) is 8.26. The number of allylic oxidation sites excluding steroid dienone is 2. The van der Waals surface area contributed by atoms with Crippen LogP contribution in [-0.2, 0) is 47.7 Å². The van der Waals surface area contributed by atoms with Gasteiger partial charge >= 0.3 is 23.9 Å². The molecule has 0 N–H and O–H groups in total. The Balaban J connectivity index is 2.49. The first kappa shape index (κ1) is 23.6. The monoisotopic (exact) mass is 450 g/mol. The average Bonchev–Trinajstić information content (AvgIpc) is 3.09. The van der Waals surface area contributed by atoms with E-state index in [0.29, 0.717) is 12.8 Å². The minimum atomic E-state index is -1.72. The van der Waals surface area contributed by atoms with E-state index in [1.807, 2.05) is 12.2 Å². The van der Waals surface area contributed by atoms with Crippen LogP contribution in [0.5, 0.6) is 0 Å². The van der Waals surface area contributed by atoms with E-state index in [1.165, 1.54) is 0 Å². The first-order chi connectivity index (χ1) is 15.2. The summed E-state index contributed by atoms with van der Waals surface area (Å²) in [5, 5.41) is 0. The minimum Gasteiger partial charge on any atom is -0.468 e. The molecule has 0 spiro atoms. The largest absolute Gasteiger partial charge is 0.468 e.